The fraction of sp³-hybridized carbons (Fsp3) is 0.429. The van der Waals surface area contributed by atoms with Gasteiger partial charge < -0.3 is 4.90 Å². The maximum atomic E-state index is 12.0. The van der Waals surface area contributed by atoms with Gasteiger partial charge in [-0.1, -0.05) is 13.8 Å². The van der Waals surface area contributed by atoms with Crippen molar-refractivity contribution in [3.8, 4) is 0 Å². The minimum absolute atomic E-state index is 0.00763. The number of fused-ring (bicyclic) bond motifs is 1. The van der Waals surface area contributed by atoms with Crippen molar-refractivity contribution in [3.63, 3.8) is 0 Å². The Kier molecular flexibility index (Phi) is 3.83. The SMILES string of the molecule is CC(C)C(=O)CN1C(=O)CCc2cc([N+](=O)[O-])ccc21. The van der Waals surface area contributed by atoms with Crippen LogP contribution in [0.25, 0.3) is 0 Å². The van der Waals surface area contributed by atoms with Crippen LogP contribution in [0.1, 0.15) is 25.8 Å². The highest BCUT2D eigenvalue weighted by atomic mass is 16.6. The van der Waals surface area contributed by atoms with Crippen molar-refractivity contribution >= 4 is 23.1 Å². The second-order valence-corrected chi connectivity index (χ2v) is 5.17. The average Bonchev–Trinajstić information content (AvgIpc) is 2.41. The van der Waals surface area contributed by atoms with E-state index in [1.165, 1.54) is 17.0 Å². The van der Waals surface area contributed by atoms with Gasteiger partial charge in [-0.25, -0.2) is 0 Å². The fourth-order valence-corrected chi connectivity index (χ4v) is 2.17. The molecule has 0 radical (unpaired) electrons. The summed E-state index contributed by atoms with van der Waals surface area (Å²) < 4.78 is 0. The van der Waals surface area contributed by atoms with Crippen molar-refractivity contribution in [2.45, 2.75) is 26.7 Å². The van der Waals surface area contributed by atoms with E-state index in [4.69, 9.17) is 0 Å². The Morgan fingerprint density at radius 3 is 2.70 bits per heavy atom. The van der Waals surface area contributed by atoms with E-state index in [1.807, 2.05) is 0 Å². The molecule has 1 aliphatic heterocycles. The van der Waals surface area contributed by atoms with E-state index in [0.29, 0.717) is 12.1 Å². The smallest absolute Gasteiger partial charge is 0.269 e. The largest absolute Gasteiger partial charge is 0.305 e. The Labute approximate surface area is 116 Å². The first kappa shape index (κ1) is 14.2. The van der Waals surface area contributed by atoms with E-state index in [0.717, 1.165) is 5.56 Å². The minimum atomic E-state index is -0.458. The normalized spacial score (nSPS) is 14.3. The molecule has 2 rings (SSSR count). The summed E-state index contributed by atoms with van der Waals surface area (Å²) in [6, 6.07) is 4.40. The first-order chi connectivity index (χ1) is 9.40. The molecule has 0 atom stereocenters. The number of nitro benzene ring substituents is 1. The molecule has 1 aromatic rings. The minimum Gasteiger partial charge on any atom is -0.305 e. The molecule has 6 nitrogen and oxygen atoms in total. The van der Waals surface area contributed by atoms with E-state index in [-0.39, 0.29) is 36.3 Å². The highest BCUT2D eigenvalue weighted by Crippen LogP contribution is 2.31. The van der Waals surface area contributed by atoms with Gasteiger partial charge in [-0.15, -0.1) is 0 Å². The summed E-state index contributed by atoms with van der Waals surface area (Å²) in [5.41, 5.74) is 1.37. The number of amides is 1. The van der Waals surface area contributed by atoms with Crippen molar-refractivity contribution in [3.05, 3.63) is 33.9 Å². The fourth-order valence-electron chi connectivity index (χ4n) is 2.17. The van der Waals surface area contributed by atoms with Crippen LogP contribution in [-0.2, 0) is 16.0 Å². The summed E-state index contributed by atoms with van der Waals surface area (Å²) in [4.78, 5) is 35.6. The molecule has 0 aliphatic carbocycles. The van der Waals surface area contributed by atoms with Crippen LogP contribution in [0, 0.1) is 16.0 Å². The number of carbonyl (C=O) groups is 2. The number of Topliss-reactive ketones (excluding diaryl/α,β-unsaturated/α-hetero) is 1. The van der Waals surface area contributed by atoms with Crippen LogP contribution >= 0.6 is 0 Å². The van der Waals surface area contributed by atoms with Gasteiger partial charge >= 0.3 is 0 Å². The van der Waals surface area contributed by atoms with Gasteiger partial charge in [0.1, 0.15) is 0 Å². The number of carbonyl (C=O) groups excluding carboxylic acids is 2. The number of ketones is 1. The Balaban J connectivity index is 2.34. The molecule has 0 fully saturated rings. The Morgan fingerprint density at radius 2 is 2.10 bits per heavy atom. The highest BCUT2D eigenvalue weighted by molar-refractivity contribution is 6.01. The molecule has 0 spiro atoms. The third kappa shape index (κ3) is 2.68. The van der Waals surface area contributed by atoms with Crippen molar-refractivity contribution in [2.75, 3.05) is 11.4 Å². The number of hydrogen-bond acceptors (Lipinski definition) is 4. The number of non-ortho nitro benzene ring substituents is 1. The van der Waals surface area contributed by atoms with Gasteiger partial charge in [0.2, 0.25) is 5.91 Å². The van der Waals surface area contributed by atoms with Crippen LogP contribution < -0.4 is 4.90 Å². The van der Waals surface area contributed by atoms with E-state index in [1.54, 1.807) is 19.9 Å². The number of nitro groups is 1. The average molecular weight is 276 g/mol. The number of aryl methyl sites for hydroxylation is 1. The molecular formula is C14H16N2O4. The zero-order chi connectivity index (χ0) is 14.9. The monoisotopic (exact) mass is 276 g/mol. The Morgan fingerprint density at radius 1 is 1.40 bits per heavy atom. The maximum Gasteiger partial charge on any atom is 0.269 e. The van der Waals surface area contributed by atoms with Crippen LogP contribution in [0.4, 0.5) is 11.4 Å². The van der Waals surface area contributed by atoms with E-state index < -0.39 is 4.92 Å². The number of rotatable bonds is 4. The predicted octanol–water partition coefficient (Wildman–Crippen LogP) is 2.10. The van der Waals surface area contributed by atoms with Crippen LogP contribution in [0.3, 0.4) is 0 Å². The zero-order valence-corrected chi connectivity index (χ0v) is 11.5. The van der Waals surface area contributed by atoms with E-state index in [2.05, 4.69) is 0 Å². The number of benzene rings is 1. The molecule has 1 amide bonds. The second-order valence-electron chi connectivity index (χ2n) is 5.17. The Hall–Kier alpha value is -2.24. The molecule has 1 aliphatic rings. The summed E-state index contributed by atoms with van der Waals surface area (Å²) in [7, 11) is 0. The topological polar surface area (TPSA) is 80.5 Å². The first-order valence-corrected chi connectivity index (χ1v) is 6.50. The van der Waals surface area contributed by atoms with Gasteiger partial charge in [-0.3, -0.25) is 19.7 Å². The van der Waals surface area contributed by atoms with Crippen molar-refractivity contribution in [1.82, 2.24) is 0 Å². The first-order valence-electron chi connectivity index (χ1n) is 6.50. The van der Waals surface area contributed by atoms with Gasteiger partial charge in [0, 0.05) is 30.2 Å². The molecule has 0 bridgehead atoms. The maximum absolute atomic E-state index is 12.0. The molecular weight excluding hydrogens is 260 g/mol. The lowest BCUT2D eigenvalue weighted by Gasteiger charge is -2.29. The molecule has 0 aromatic heterocycles. The van der Waals surface area contributed by atoms with E-state index in [9.17, 15) is 19.7 Å². The van der Waals surface area contributed by atoms with Gasteiger partial charge in [-0.05, 0) is 18.1 Å². The lowest BCUT2D eigenvalue weighted by Crippen LogP contribution is -2.40. The molecule has 0 saturated carbocycles. The highest BCUT2D eigenvalue weighted by Gasteiger charge is 2.27. The quantitative estimate of drug-likeness (QED) is 0.623. The number of hydrogen-bond donors (Lipinski definition) is 0. The summed E-state index contributed by atoms with van der Waals surface area (Å²) in [6.07, 6.45) is 0.752. The van der Waals surface area contributed by atoms with Crippen LogP contribution in [0.5, 0.6) is 0 Å². The summed E-state index contributed by atoms with van der Waals surface area (Å²) in [5, 5.41) is 10.8. The molecule has 0 N–H and O–H groups in total. The van der Waals surface area contributed by atoms with Gasteiger partial charge in [0.15, 0.2) is 5.78 Å². The van der Waals surface area contributed by atoms with Crippen molar-refractivity contribution in [1.29, 1.82) is 0 Å². The summed E-state index contributed by atoms with van der Waals surface area (Å²) >= 11 is 0. The van der Waals surface area contributed by atoms with E-state index >= 15 is 0 Å². The lowest BCUT2D eigenvalue weighted by molar-refractivity contribution is -0.384. The molecule has 0 unspecified atom stereocenters. The third-order valence-corrected chi connectivity index (χ3v) is 3.43. The predicted molar refractivity (Wildman–Crippen MR) is 73.6 cm³/mol. The van der Waals surface area contributed by atoms with Crippen molar-refractivity contribution in [2.24, 2.45) is 5.92 Å². The molecule has 1 heterocycles. The summed E-state index contributed by atoms with van der Waals surface area (Å²) in [5.74, 6) is -0.281. The Bertz CT molecular complexity index is 581. The molecule has 6 heteroatoms. The summed E-state index contributed by atoms with van der Waals surface area (Å²) in [6.45, 7) is 3.60. The zero-order valence-electron chi connectivity index (χ0n) is 11.5. The number of nitrogens with zero attached hydrogens (tertiary/aromatic N) is 2. The molecule has 20 heavy (non-hydrogen) atoms. The second kappa shape index (κ2) is 5.40. The van der Waals surface area contributed by atoms with Crippen molar-refractivity contribution < 1.29 is 14.5 Å². The van der Waals surface area contributed by atoms with Gasteiger partial charge in [0.05, 0.1) is 11.5 Å². The third-order valence-electron chi connectivity index (χ3n) is 3.43. The standard InChI is InChI=1S/C14H16N2O4/c1-9(2)13(17)8-15-12-5-4-11(16(19)20)7-10(12)3-6-14(15)18/h4-5,7,9H,3,6,8H2,1-2H3. The molecule has 1 aromatic carbocycles. The van der Waals surface area contributed by atoms with Crippen LogP contribution in [0.15, 0.2) is 18.2 Å². The molecule has 0 saturated heterocycles. The lowest BCUT2D eigenvalue weighted by atomic mass is 9.99. The van der Waals surface area contributed by atoms with Crippen LogP contribution in [0.2, 0.25) is 0 Å². The van der Waals surface area contributed by atoms with Gasteiger partial charge in [-0.2, -0.15) is 0 Å². The van der Waals surface area contributed by atoms with Crippen LogP contribution in [-0.4, -0.2) is 23.2 Å². The number of anilines is 1. The molecule has 106 valence electrons. The van der Waals surface area contributed by atoms with Gasteiger partial charge in [0.25, 0.3) is 5.69 Å².